The van der Waals surface area contributed by atoms with Crippen molar-refractivity contribution in [2.24, 2.45) is 10.2 Å². The third kappa shape index (κ3) is 5.71. The number of rotatable bonds is 8. The monoisotopic (exact) mass is 386 g/mol. The first-order valence-electron chi connectivity index (χ1n) is 8.84. The van der Waals surface area contributed by atoms with Crippen LogP contribution in [0.1, 0.15) is 21.5 Å². The molecule has 1 N–H and O–H groups in total. The van der Waals surface area contributed by atoms with E-state index in [9.17, 15) is 9.59 Å². The van der Waals surface area contributed by atoms with Gasteiger partial charge < -0.3 is 9.84 Å². The Hall–Kier alpha value is -4.06. The van der Waals surface area contributed by atoms with E-state index in [-0.39, 0.29) is 11.5 Å². The summed E-state index contributed by atoms with van der Waals surface area (Å²) in [5.74, 6) is -0.815. The summed E-state index contributed by atoms with van der Waals surface area (Å²) in [4.78, 5) is 23.4. The highest BCUT2D eigenvalue weighted by molar-refractivity contribution is 6.51. The number of ketones is 1. The van der Waals surface area contributed by atoms with Crippen LogP contribution in [-0.2, 0) is 4.79 Å². The van der Waals surface area contributed by atoms with Crippen molar-refractivity contribution in [1.29, 1.82) is 0 Å². The number of carboxylic acid groups (broad SMARTS) is 1. The van der Waals surface area contributed by atoms with Crippen LogP contribution in [0.4, 0.5) is 0 Å². The molecule has 0 spiro atoms. The van der Waals surface area contributed by atoms with Gasteiger partial charge in [-0.15, -0.1) is 5.10 Å². The smallest absolute Gasteiger partial charge is 0.341 e. The zero-order valence-corrected chi connectivity index (χ0v) is 15.4. The summed E-state index contributed by atoms with van der Waals surface area (Å²) in [5, 5.41) is 16.9. The van der Waals surface area contributed by atoms with Gasteiger partial charge >= 0.3 is 5.97 Å². The summed E-state index contributed by atoms with van der Waals surface area (Å²) in [6.45, 7) is -0.403. The van der Waals surface area contributed by atoms with Gasteiger partial charge in [-0.05, 0) is 29.8 Å². The predicted molar refractivity (Wildman–Crippen MR) is 111 cm³/mol. The van der Waals surface area contributed by atoms with E-state index in [2.05, 4.69) is 10.2 Å². The minimum atomic E-state index is -1.04. The highest BCUT2D eigenvalue weighted by Gasteiger charge is 2.15. The van der Waals surface area contributed by atoms with E-state index in [1.807, 2.05) is 36.4 Å². The third-order valence-corrected chi connectivity index (χ3v) is 3.91. The molecule has 144 valence electrons. The highest BCUT2D eigenvalue weighted by Crippen LogP contribution is 2.12. The minimum Gasteiger partial charge on any atom is -0.482 e. The zero-order chi connectivity index (χ0) is 20.5. The molecule has 0 aliphatic heterocycles. The maximum absolute atomic E-state index is 12.9. The van der Waals surface area contributed by atoms with Crippen molar-refractivity contribution in [3.8, 4) is 5.75 Å². The van der Waals surface area contributed by atoms with Crippen molar-refractivity contribution >= 4 is 23.7 Å². The van der Waals surface area contributed by atoms with Crippen molar-refractivity contribution in [1.82, 2.24) is 0 Å². The molecule has 0 heterocycles. The van der Waals surface area contributed by atoms with Gasteiger partial charge in [-0.25, -0.2) is 4.79 Å². The Balaban J connectivity index is 1.81. The fourth-order valence-corrected chi connectivity index (χ4v) is 2.50. The lowest BCUT2D eigenvalue weighted by molar-refractivity contribution is -0.139. The molecule has 0 aliphatic rings. The Bertz CT molecular complexity index is 1030. The minimum absolute atomic E-state index is 0.216. The van der Waals surface area contributed by atoms with Crippen LogP contribution in [0.25, 0.3) is 0 Å². The first-order valence-corrected chi connectivity index (χ1v) is 8.84. The van der Waals surface area contributed by atoms with Crippen LogP contribution in [0.2, 0.25) is 0 Å². The first-order chi connectivity index (χ1) is 14.1. The van der Waals surface area contributed by atoms with E-state index >= 15 is 0 Å². The van der Waals surface area contributed by atoms with E-state index in [0.29, 0.717) is 16.9 Å². The number of carbonyl (C=O) groups excluding carboxylic acids is 1. The maximum atomic E-state index is 12.9. The topological polar surface area (TPSA) is 88.3 Å². The van der Waals surface area contributed by atoms with Crippen LogP contribution in [-0.4, -0.2) is 35.4 Å². The predicted octanol–water partition coefficient (Wildman–Crippen LogP) is 3.86. The van der Waals surface area contributed by atoms with Gasteiger partial charge in [0.15, 0.2) is 6.61 Å². The lowest BCUT2D eigenvalue weighted by atomic mass is 10.0. The number of nitrogens with zero attached hydrogens (tertiary/aromatic N) is 2. The van der Waals surface area contributed by atoms with E-state index in [4.69, 9.17) is 9.84 Å². The molecule has 6 nitrogen and oxygen atoms in total. The molecular weight excluding hydrogens is 368 g/mol. The molecule has 3 aromatic carbocycles. The van der Waals surface area contributed by atoms with Gasteiger partial charge in [0.1, 0.15) is 11.5 Å². The number of carbonyl (C=O) groups is 2. The molecule has 0 radical (unpaired) electrons. The van der Waals surface area contributed by atoms with E-state index in [1.54, 1.807) is 48.5 Å². The van der Waals surface area contributed by atoms with Gasteiger partial charge in [-0.1, -0.05) is 60.7 Å². The quantitative estimate of drug-likeness (QED) is 0.362. The second kappa shape index (κ2) is 9.75. The number of ether oxygens (including phenoxy) is 1. The van der Waals surface area contributed by atoms with Crippen LogP contribution in [0.3, 0.4) is 0 Å². The molecule has 0 fully saturated rings. The molecule has 0 saturated carbocycles. The summed E-state index contributed by atoms with van der Waals surface area (Å²) in [6.07, 6.45) is 1.52. The van der Waals surface area contributed by atoms with Crippen molar-refractivity contribution < 1.29 is 19.4 Å². The molecular formula is C23H18N2O4. The Labute approximate surface area is 167 Å². The number of aliphatic carboxylic acids is 1. The van der Waals surface area contributed by atoms with Crippen LogP contribution in [0.15, 0.2) is 95.1 Å². The summed E-state index contributed by atoms with van der Waals surface area (Å²) in [7, 11) is 0. The van der Waals surface area contributed by atoms with Crippen LogP contribution in [0, 0.1) is 0 Å². The van der Waals surface area contributed by atoms with Crippen molar-refractivity contribution in [2.75, 3.05) is 6.61 Å². The van der Waals surface area contributed by atoms with Crippen LogP contribution < -0.4 is 4.74 Å². The lowest BCUT2D eigenvalue weighted by Crippen LogP contribution is -2.15. The first kappa shape index (κ1) is 19.7. The fourth-order valence-electron chi connectivity index (χ4n) is 2.50. The van der Waals surface area contributed by atoms with Gasteiger partial charge in [0.2, 0.25) is 5.78 Å². The van der Waals surface area contributed by atoms with Crippen molar-refractivity contribution in [3.63, 3.8) is 0 Å². The van der Waals surface area contributed by atoms with E-state index in [1.165, 1.54) is 6.21 Å². The summed E-state index contributed by atoms with van der Waals surface area (Å²) >= 11 is 0. The summed E-state index contributed by atoms with van der Waals surface area (Å²) in [5.41, 5.74) is 2.19. The largest absolute Gasteiger partial charge is 0.482 e. The SMILES string of the molecule is O=C(O)COc1ccc(/C=N\N=C(/C(=O)c2ccccc2)c2ccccc2)cc1. The molecule has 6 heteroatoms. The normalized spacial score (nSPS) is 11.4. The molecule has 0 amide bonds. The van der Waals surface area contributed by atoms with Gasteiger partial charge in [0, 0.05) is 11.1 Å². The molecule has 0 bridgehead atoms. The van der Waals surface area contributed by atoms with Crippen LogP contribution >= 0.6 is 0 Å². The van der Waals surface area contributed by atoms with Gasteiger partial charge in [-0.3, -0.25) is 4.79 Å². The molecule has 3 rings (SSSR count). The number of benzene rings is 3. The van der Waals surface area contributed by atoms with Gasteiger partial charge in [0.05, 0.1) is 6.21 Å². The zero-order valence-electron chi connectivity index (χ0n) is 15.4. The Morgan fingerprint density at radius 2 is 1.41 bits per heavy atom. The molecule has 0 aromatic heterocycles. The highest BCUT2D eigenvalue weighted by atomic mass is 16.5. The maximum Gasteiger partial charge on any atom is 0.341 e. The Morgan fingerprint density at radius 1 is 0.828 bits per heavy atom. The second-order valence-corrected chi connectivity index (χ2v) is 6.01. The van der Waals surface area contributed by atoms with Crippen LogP contribution in [0.5, 0.6) is 5.75 Å². The molecule has 0 saturated heterocycles. The van der Waals surface area contributed by atoms with E-state index < -0.39 is 12.6 Å². The second-order valence-electron chi connectivity index (χ2n) is 6.01. The Kier molecular flexibility index (Phi) is 6.62. The van der Waals surface area contributed by atoms with Gasteiger partial charge in [0.25, 0.3) is 0 Å². The molecule has 3 aromatic rings. The van der Waals surface area contributed by atoms with E-state index in [0.717, 1.165) is 5.56 Å². The van der Waals surface area contributed by atoms with Gasteiger partial charge in [-0.2, -0.15) is 5.10 Å². The lowest BCUT2D eigenvalue weighted by Gasteiger charge is -2.04. The third-order valence-electron chi connectivity index (χ3n) is 3.91. The number of hydrogen-bond donors (Lipinski definition) is 1. The van der Waals surface area contributed by atoms with Crippen molar-refractivity contribution in [2.45, 2.75) is 0 Å². The average Bonchev–Trinajstić information content (AvgIpc) is 2.77. The summed E-state index contributed by atoms with van der Waals surface area (Å²) < 4.78 is 5.09. The number of hydrogen-bond acceptors (Lipinski definition) is 5. The number of carboxylic acids is 1. The molecule has 0 atom stereocenters. The Morgan fingerprint density at radius 3 is 2.00 bits per heavy atom. The standard InChI is InChI=1S/C23H18N2O4/c26-21(27)16-29-20-13-11-17(12-14-20)15-24-25-22(18-7-3-1-4-8-18)23(28)19-9-5-2-6-10-19/h1-15H,16H2,(H,26,27)/b24-15-,25-22-. The molecule has 29 heavy (non-hydrogen) atoms. The average molecular weight is 386 g/mol. The molecule has 0 aliphatic carbocycles. The molecule has 0 unspecified atom stereocenters. The number of Topliss-reactive ketones (excluding diaryl/α,β-unsaturated/α-hetero) is 1. The fraction of sp³-hybridized carbons (Fsp3) is 0.0435. The van der Waals surface area contributed by atoms with Crippen molar-refractivity contribution in [3.05, 3.63) is 102 Å². The summed E-state index contributed by atoms with van der Waals surface area (Å²) in [6, 6.07) is 24.8.